The van der Waals surface area contributed by atoms with E-state index in [2.05, 4.69) is 13.8 Å². The van der Waals surface area contributed by atoms with Crippen LogP contribution in [0.25, 0.3) is 0 Å². The van der Waals surface area contributed by atoms with Gasteiger partial charge in [-0.25, -0.2) is 8.42 Å². The Morgan fingerprint density at radius 1 is 0.476 bits per heavy atom. The van der Waals surface area contributed by atoms with Crippen molar-refractivity contribution in [1.29, 1.82) is 0 Å². The summed E-state index contributed by atoms with van der Waals surface area (Å²) in [6.07, 6.45) is 29.2. The number of ether oxygens (including phenoxy) is 2. The summed E-state index contributed by atoms with van der Waals surface area (Å²) in [4.78, 5) is -0.717. The molecule has 0 aliphatic heterocycles. The molecule has 0 unspecified atom stereocenters. The second-order valence-corrected chi connectivity index (χ2v) is 18.9. The summed E-state index contributed by atoms with van der Waals surface area (Å²) < 4.78 is 78.6. The van der Waals surface area contributed by atoms with Crippen LogP contribution in [-0.4, -0.2) is 68.8 Å². The van der Waals surface area contributed by atoms with Gasteiger partial charge >= 0.3 is 37.7 Å². The molecule has 63 heavy (non-hydrogen) atoms. The first-order chi connectivity index (χ1) is 29.8. The Morgan fingerprint density at radius 3 is 1.27 bits per heavy atom. The molecule has 344 valence electrons. The largest absolute Gasteiger partial charge is 2.00 e. The summed E-state index contributed by atoms with van der Waals surface area (Å²) in [6, 6.07) is 21.1. The molecule has 0 bridgehead atoms. The third kappa shape index (κ3) is 23.3. The summed E-state index contributed by atoms with van der Waals surface area (Å²) in [5.41, 5.74) is 1.74. The topological polar surface area (TPSA) is 173 Å². The van der Waals surface area contributed by atoms with Crippen molar-refractivity contribution in [3.05, 3.63) is 96.1 Å². The Bertz CT molecular complexity index is 1940. The number of phenols is 1. The van der Waals surface area contributed by atoms with Gasteiger partial charge in [-0.05, 0) is 73.2 Å². The zero-order valence-electron chi connectivity index (χ0n) is 37.7. The van der Waals surface area contributed by atoms with Gasteiger partial charge in [0.05, 0.1) is 4.90 Å². The molecule has 10 nitrogen and oxygen atoms in total. The quantitative estimate of drug-likeness (QED) is 0.0291. The number of aryl methyl sites for hydroxylation is 2. The van der Waals surface area contributed by atoms with Gasteiger partial charge in [0.25, 0.3) is 10.1 Å². The fourth-order valence-corrected chi connectivity index (χ4v) is 8.58. The van der Waals surface area contributed by atoms with Gasteiger partial charge in [0.15, 0.2) is 0 Å². The third-order valence-electron chi connectivity index (χ3n) is 10.9. The molecule has 0 saturated carbocycles. The molecular formula is C50H70CaO10S2. The average molecular weight is 935 g/mol. The van der Waals surface area contributed by atoms with E-state index in [9.17, 15) is 36.2 Å². The number of hydrogen-bond donors (Lipinski definition) is 2. The zero-order valence-corrected chi connectivity index (χ0v) is 41.6. The van der Waals surface area contributed by atoms with Gasteiger partial charge in [-0.3, -0.25) is 4.55 Å². The van der Waals surface area contributed by atoms with Crippen molar-refractivity contribution in [2.75, 3.05) is 0 Å². The van der Waals surface area contributed by atoms with Crippen molar-refractivity contribution >= 4 is 58.0 Å². The fraction of sp³-hybridized carbons (Fsp3) is 0.520. The number of rotatable bonds is 30. The maximum atomic E-state index is 11.8. The predicted molar refractivity (Wildman–Crippen MR) is 251 cm³/mol. The molecule has 4 aromatic rings. The number of para-hydroxylation sites is 2. The molecule has 0 saturated heterocycles. The smallest absolute Gasteiger partial charge is 0.872 e. The molecule has 0 radical (unpaired) electrons. The van der Waals surface area contributed by atoms with Crippen molar-refractivity contribution < 1.29 is 45.6 Å². The Labute approximate surface area is 408 Å². The number of unbranched alkanes of at least 4 members (excludes halogenated alkanes) is 20. The number of phenolic OH excluding ortho intramolecular Hbond substituents is 1. The molecule has 0 aliphatic carbocycles. The van der Waals surface area contributed by atoms with Crippen molar-refractivity contribution in [3.63, 3.8) is 0 Å². The van der Waals surface area contributed by atoms with Crippen LogP contribution in [0.3, 0.4) is 0 Å². The van der Waals surface area contributed by atoms with E-state index in [1.165, 1.54) is 170 Å². The maximum absolute atomic E-state index is 11.8. The van der Waals surface area contributed by atoms with E-state index in [4.69, 9.17) is 9.47 Å². The van der Waals surface area contributed by atoms with Crippen LogP contribution in [-0.2, 0) is 33.1 Å². The summed E-state index contributed by atoms with van der Waals surface area (Å²) >= 11 is 0. The van der Waals surface area contributed by atoms with E-state index in [1.54, 1.807) is 30.3 Å². The molecule has 13 heteroatoms. The molecule has 4 rings (SSSR count). The Balaban J connectivity index is 0.000000427. The van der Waals surface area contributed by atoms with Gasteiger partial charge in [-0.15, -0.1) is 5.75 Å². The van der Waals surface area contributed by atoms with Gasteiger partial charge in [-0.1, -0.05) is 185 Å². The minimum atomic E-state index is -4.67. The molecule has 0 heterocycles. The van der Waals surface area contributed by atoms with Crippen LogP contribution >= 0.6 is 0 Å². The zero-order chi connectivity index (χ0) is 45.1. The molecular weight excluding hydrogens is 865 g/mol. The summed E-state index contributed by atoms with van der Waals surface area (Å²) in [5, 5.41) is 21.7. The van der Waals surface area contributed by atoms with Crippen LogP contribution in [0.4, 0.5) is 0 Å². The molecule has 0 amide bonds. The van der Waals surface area contributed by atoms with E-state index in [-0.39, 0.29) is 65.6 Å². The number of hydrogen-bond acceptors (Lipinski definition) is 9. The number of benzene rings is 4. The Kier molecular flexibility index (Phi) is 28.5. The van der Waals surface area contributed by atoms with Gasteiger partial charge in [-0.2, -0.15) is 8.42 Å². The van der Waals surface area contributed by atoms with Gasteiger partial charge in [0.2, 0.25) is 0 Å². The second kappa shape index (κ2) is 31.9. The Hall–Kier alpha value is -2.84. The van der Waals surface area contributed by atoms with Gasteiger partial charge < -0.3 is 24.2 Å². The SMILES string of the molecule is CCCCCCCCCCCCCc1ccc(O)cc1Oc1ccccc1S(=O)(=O)O.CCCCCCCCCCCCCc1ccc([O-])cc1Oc1ccccc1S(=O)(=O)[O-].[Ca+2]. The van der Waals surface area contributed by atoms with Crippen LogP contribution < -0.4 is 14.6 Å². The monoisotopic (exact) mass is 934 g/mol. The Morgan fingerprint density at radius 2 is 0.841 bits per heavy atom. The van der Waals surface area contributed by atoms with Crippen molar-refractivity contribution in [2.24, 2.45) is 0 Å². The normalized spacial score (nSPS) is 11.4. The summed E-state index contributed by atoms with van der Waals surface area (Å²) in [5.74, 6) is 0.528. The van der Waals surface area contributed by atoms with Crippen LogP contribution in [0.1, 0.15) is 166 Å². The van der Waals surface area contributed by atoms with E-state index in [1.807, 2.05) is 0 Å². The van der Waals surface area contributed by atoms with E-state index in [0.29, 0.717) is 11.5 Å². The first-order valence-electron chi connectivity index (χ1n) is 22.9. The van der Waals surface area contributed by atoms with E-state index >= 15 is 0 Å². The van der Waals surface area contributed by atoms with Crippen LogP contribution in [0.5, 0.6) is 34.5 Å². The maximum Gasteiger partial charge on any atom is 2.00 e. The fourth-order valence-electron chi connectivity index (χ4n) is 7.37. The first kappa shape index (κ1) is 56.3. The molecule has 0 aliphatic rings. The molecule has 2 N–H and O–H groups in total. The molecule has 0 atom stereocenters. The molecule has 0 spiro atoms. The molecule has 4 aromatic carbocycles. The minimum absolute atomic E-state index is 0. The van der Waals surface area contributed by atoms with Gasteiger partial charge in [0, 0.05) is 6.07 Å². The predicted octanol–water partition coefficient (Wildman–Crippen LogP) is 13.2. The minimum Gasteiger partial charge on any atom is -0.872 e. The molecule has 0 fully saturated rings. The van der Waals surface area contributed by atoms with E-state index < -0.39 is 25.1 Å². The van der Waals surface area contributed by atoms with Crippen LogP contribution in [0.2, 0.25) is 0 Å². The van der Waals surface area contributed by atoms with Crippen LogP contribution in [0, 0.1) is 0 Å². The second-order valence-electron chi connectivity index (χ2n) is 16.2. The molecule has 0 aromatic heterocycles. The van der Waals surface area contributed by atoms with Crippen molar-refractivity contribution in [1.82, 2.24) is 0 Å². The first-order valence-corrected chi connectivity index (χ1v) is 25.8. The number of aromatic hydroxyl groups is 1. The van der Waals surface area contributed by atoms with Crippen molar-refractivity contribution in [3.8, 4) is 34.5 Å². The summed E-state index contributed by atoms with van der Waals surface area (Å²) in [7, 11) is -9.07. The van der Waals surface area contributed by atoms with E-state index in [0.717, 1.165) is 49.7 Å². The standard InChI is InChI=1S/2C25H36O5S.Ca/c2*1-2-3-4-5-6-7-8-9-10-11-12-15-21-18-19-22(26)20-24(21)30-23-16-13-14-17-25(23)31(27,28)29;/h2*13-14,16-20,26H,2-12,15H2,1H3,(H,27,28,29);/q;;+2/p-2. The average Bonchev–Trinajstić information content (AvgIpc) is 3.23. The van der Waals surface area contributed by atoms with Crippen LogP contribution in [0.15, 0.2) is 94.7 Å². The van der Waals surface area contributed by atoms with Gasteiger partial charge in [0.1, 0.15) is 43.8 Å². The summed E-state index contributed by atoms with van der Waals surface area (Å²) in [6.45, 7) is 4.48. The third-order valence-corrected chi connectivity index (χ3v) is 12.6. The van der Waals surface area contributed by atoms with Crippen molar-refractivity contribution in [2.45, 2.75) is 178 Å².